The molecule has 104 valence electrons. The van der Waals surface area contributed by atoms with Gasteiger partial charge in [0.15, 0.2) is 0 Å². The van der Waals surface area contributed by atoms with E-state index in [1.165, 1.54) is 22.3 Å². The van der Waals surface area contributed by atoms with Gasteiger partial charge in [0, 0.05) is 12.6 Å². The molecular formula is C16H24N2O. The Morgan fingerprint density at radius 1 is 1.32 bits per heavy atom. The second kappa shape index (κ2) is 5.74. The quantitative estimate of drug-likeness (QED) is 0.851. The molecule has 3 nitrogen and oxygen atoms in total. The lowest BCUT2D eigenvalue weighted by Gasteiger charge is -2.18. The first-order valence-electron chi connectivity index (χ1n) is 7.08. The van der Waals surface area contributed by atoms with Crippen LogP contribution in [0.2, 0.25) is 0 Å². The van der Waals surface area contributed by atoms with Gasteiger partial charge >= 0.3 is 0 Å². The molecule has 1 aromatic rings. The highest BCUT2D eigenvalue weighted by Crippen LogP contribution is 2.22. The van der Waals surface area contributed by atoms with Crippen molar-refractivity contribution in [2.24, 2.45) is 11.7 Å². The minimum absolute atomic E-state index is 0.110. The van der Waals surface area contributed by atoms with Crippen LogP contribution >= 0.6 is 0 Å². The summed E-state index contributed by atoms with van der Waals surface area (Å²) in [5.41, 5.74) is 10.8. The fourth-order valence-corrected chi connectivity index (χ4v) is 2.61. The number of carbonyl (C=O) groups excluding carboxylic acids is 1. The standard InChI is InChI=1S/C16H24N2O/c1-10-6-11(2)15(12(3)7-10)8-13(9-17)16(19)18-14-4-5-14/h6-7,13-14H,4-5,8-9,17H2,1-3H3,(H,18,19). The van der Waals surface area contributed by atoms with Crippen molar-refractivity contribution in [2.45, 2.75) is 46.1 Å². The average Bonchev–Trinajstić information content (AvgIpc) is 3.11. The van der Waals surface area contributed by atoms with E-state index in [0.29, 0.717) is 12.6 Å². The number of nitrogens with two attached hydrogens (primary N) is 1. The topological polar surface area (TPSA) is 55.1 Å². The first-order chi connectivity index (χ1) is 9.01. The SMILES string of the molecule is Cc1cc(C)c(CC(CN)C(=O)NC2CC2)c(C)c1. The zero-order valence-corrected chi connectivity index (χ0v) is 12.1. The van der Waals surface area contributed by atoms with Crippen LogP contribution in [0.25, 0.3) is 0 Å². The maximum atomic E-state index is 12.1. The highest BCUT2D eigenvalue weighted by Gasteiger charge is 2.27. The molecule has 3 N–H and O–H groups in total. The van der Waals surface area contributed by atoms with Gasteiger partial charge in [-0.2, -0.15) is 0 Å². The number of benzene rings is 1. The molecule has 0 spiro atoms. The van der Waals surface area contributed by atoms with Crippen LogP contribution in [0.3, 0.4) is 0 Å². The molecule has 0 bridgehead atoms. The minimum Gasteiger partial charge on any atom is -0.353 e. The van der Waals surface area contributed by atoms with E-state index in [1.54, 1.807) is 0 Å². The van der Waals surface area contributed by atoms with Gasteiger partial charge in [0.05, 0.1) is 5.92 Å². The van der Waals surface area contributed by atoms with Crippen LogP contribution in [0.1, 0.15) is 35.1 Å². The molecule has 1 aromatic carbocycles. The molecule has 19 heavy (non-hydrogen) atoms. The van der Waals surface area contributed by atoms with Gasteiger partial charge in [-0.3, -0.25) is 4.79 Å². The Morgan fingerprint density at radius 2 is 1.89 bits per heavy atom. The third-order valence-corrected chi connectivity index (χ3v) is 3.87. The second-order valence-corrected chi connectivity index (χ2v) is 5.80. The summed E-state index contributed by atoms with van der Waals surface area (Å²) in [6, 6.07) is 4.76. The Morgan fingerprint density at radius 3 is 2.37 bits per heavy atom. The van der Waals surface area contributed by atoms with Gasteiger partial charge in [-0.25, -0.2) is 0 Å². The van der Waals surface area contributed by atoms with Crippen LogP contribution in [-0.2, 0) is 11.2 Å². The normalized spacial score (nSPS) is 16.2. The largest absolute Gasteiger partial charge is 0.353 e. The second-order valence-electron chi connectivity index (χ2n) is 5.80. The molecule has 0 radical (unpaired) electrons. The fourth-order valence-electron chi connectivity index (χ4n) is 2.61. The minimum atomic E-state index is -0.110. The van der Waals surface area contributed by atoms with E-state index in [4.69, 9.17) is 5.73 Å². The van der Waals surface area contributed by atoms with E-state index < -0.39 is 0 Å². The summed E-state index contributed by atoms with van der Waals surface area (Å²) in [6.07, 6.45) is 2.98. The van der Waals surface area contributed by atoms with Crippen molar-refractivity contribution < 1.29 is 4.79 Å². The molecule has 1 amide bonds. The fraction of sp³-hybridized carbons (Fsp3) is 0.562. The first kappa shape index (κ1) is 14.1. The van der Waals surface area contributed by atoms with Crippen molar-refractivity contribution in [1.82, 2.24) is 5.32 Å². The van der Waals surface area contributed by atoms with E-state index in [-0.39, 0.29) is 11.8 Å². The van der Waals surface area contributed by atoms with E-state index >= 15 is 0 Å². The molecule has 1 unspecified atom stereocenters. The predicted molar refractivity (Wildman–Crippen MR) is 78.1 cm³/mol. The maximum absolute atomic E-state index is 12.1. The van der Waals surface area contributed by atoms with Crippen LogP contribution in [0.4, 0.5) is 0 Å². The van der Waals surface area contributed by atoms with Crippen molar-refractivity contribution >= 4 is 5.91 Å². The Labute approximate surface area is 115 Å². The molecule has 0 heterocycles. The molecule has 1 saturated carbocycles. The van der Waals surface area contributed by atoms with Gasteiger partial charge in [0.1, 0.15) is 0 Å². The summed E-state index contributed by atoms with van der Waals surface area (Å²) < 4.78 is 0. The van der Waals surface area contributed by atoms with Crippen molar-refractivity contribution in [3.05, 3.63) is 34.4 Å². The smallest absolute Gasteiger partial charge is 0.224 e. The van der Waals surface area contributed by atoms with Crippen molar-refractivity contribution in [2.75, 3.05) is 6.54 Å². The Hall–Kier alpha value is -1.35. The predicted octanol–water partition coefficient (Wildman–Crippen LogP) is 2.01. The van der Waals surface area contributed by atoms with Gasteiger partial charge in [-0.15, -0.1) is 0 Å². The zero-order chi connectivity index (χ0) is 14.0. The van der Waals surface area contributed by atoms with E-state index in [9.17, 15) is 4.79 Å². The zero-order valence-electron chi connectivity index (χ0n) is 12.1. The van der Waals surface area contributed by atoms with Crippen LogP contribution < -0.4 is 11.1 Å². The molecule has 0 saturated heterocycles. The Kier molecular flexibility index (Phi) is 4.25. The van der Waals surface area contributed by atoms with Crippen molar-refractivity contribution in [3.63, 3.8) is 0 Å². The number of hydrogen-bond donors (Lipinski definition) is 2. The van der Waals surface area contributed by atoms with Crippen molar-refractivity contribution in [1.29, 1.82) is 0 Å². The molecule has 0 aliphatic heterocycles. The molecule has 1 aliphatic carbocycles. The van der Waals surface area contributed by atoms with Gasteiger partial charge < -0.3 is 11.1 Å². The number of aryl methyl sites for hydroxylation is 3. The summed E-state index contributed by atoms with van der Waals surface area (Å²) in [5.74, 6) is 0.00470. The van der Waals surface area contributed by atoms with Gasteiger partial charge in [0.2, 0.25) is 5.91 Å². The first-order valence-corrected chi connectivity index (χ1v) is 7.08. The highest BCUT2D eigenvalue weighted by molar-refractivity contribution is 5.80. The van der Waals surface area contributed by atoms with Gasteiger partial charge in [0.25, 0.3) is 0 Å². The summed E-state index contributed by atoms with van der Waals surface area (Å²) in [5, 5.41) is 3.06. The number of nitrogens with one attached hydrogen (secondary N) is 1. The molecule has 1 aliphatic rings. The molecular weight excluding hydrogens is 236 g/mol. The van der Waals surface area contributed by atoms with E-state index in [1.807, 2.05) is 0 Å². The number of amides is 1. The van der Waals surface area contributed by atoms with Crippen LogP contribution in [0, 0.1) is 26.7 Å². The average molecular weight is 260 g/mol. The third-order valence-electron chi connectivity index (χ3n) is 3.87. The van der Waals surface area contributed by atoms with Crippen LogP contribution in [-0.4, -0.2) is 18.5 Å². The number of carbonyl (C=O) groups is 1. The molecule has 2 rings (SSSR count). The summed E-state index contributed by atoms with van der Waals surface area (Å²) >= 11 is 0. The van der Waals surface area contributed by atoms with Gasteiger partial charge in [-0.05, 0) is 56.7 Å². The summed E-state index contributed by atoms with van der Waals surface area (Å²) in [7, 11) is 0. The monoisotopic (exact) mass is 260 g/mol. The van der Waals surface area contributed by atoms with Crippen molar-refractivity contribution in [3.8, 4) is 0 Å². The highest BCUT2D eigenvalue weighted by atomic mass is 16.2. The molecule has 1 atom stereocenters. The molecule has 3 heteroatoms. The number of rotatable bonds is 5. The lowest BCUT2D eigenvalue weighted by Crippen LogP contribution is -2.37. The van der Waals surface area contributed by atoms with E-state index in [0.717, 1.165) is 19.3 Å². The molecule has 0 aromatic heterocycles. The number of hydrogen-bond acceptors (Lipinski definition) is 2. The Bertz CT molecular complexity index is 455. The van der Waals surface area contributed by atoms with Crippen LogP contribution in [0.5, 0.6) is 0 Å². The lowest BCUT2D eigenvalue weighted by molar-refractivity contribution is -0.124. The van der Waals surface area contributed by atoms with Crippen LogP contribution in [0.15, 0.2) is 12.1 Å². The Balaban J connectivity index is 2.11. The summed E-state index contributed by atoms with van der Waals surface area (Å²) in [4.78, 5) is 12.1. The lowest BCUT2D eigenvalue weighted by atomic mass is 9.91. The van der Waals surface area contributed by atoms with E-state index in [2.05, 4.69) is 38.2 Å². The maximum Gasteiger partial charge on any atom is 0.224 e. The molecule has 1 fully saturated rings. The summed E-state index contributed by atoms with van der Waals surface area (Å²) in [6.45, 7) is 6.73. The third kappa shape index (κ3) is 3.57. The van der Waals surface area contributed by atoms with Gasteiger partial charge in [-0.1, -0.05) is 17.7 Å².